The van der Waals surface area contributed by atoms with Crippen LogP contribution < -0.4 is 5.73 Å². The Labute approximate surface area is 121 Å². The fraction of sp³-hybridized carbons (Fsp3) is 0.800. The summed E-state index contributed by atoms with van der Waals surface area (Å²) in [6, 6.07) is 0.672. The molecule has 1 aliphatic carbocycles. The van der Waals surface area contributed by atoms with Crippen LogP contribution in [0, 0.1) is 19.8 Å². The Kier molecular flexibility index (Phi) is 5.37. The van der Waals surface area contributed by atoms with Gasteiger partial charge in [0.05, 0.1) is 10.7 Å². The quantitative estimate of drug-likeness (QED) is 0.902. The predicted molar refractivity (Wildman–Crippen MR) is 82.5 cm³/mol. The molecule has 0 spiro atoms. The van der Waals surface area contributed by atoms with Crippen LogP contribution in [0.1, 0.15) is 48.2 Å². The third-order valence-electron chi connectivity index (χ3n) is 4.39. The molecule has 108 valence electrons. The largest absolute Gasteiger partial charge is 0.330 e. The zero-order valence-electron chi connectivity index (χ0n) is 12.5. The summed E-state index contributed by atoms with van der Waals surface area (Å²) in [5.74, 6) is 0.683. The van der Waals surface area contributed by atoms with Crippen molar-refractivity contribution in [1.82, 2.24) is 9.88 Å². The summed E-state index contributed by atoms with van der Waals surface area (Å²) in [5, 5.41) is 1.18. The van der Waals surface area contributed by atoms with E-state index in [1.165, 1.54) is 41.3 Å². The van der Waals surface area contributed by atoms with Gasteiger partial charge in [-0.1, -0.05) is 19.8 Å². The Hall–Kier alpha value is -0.450. The second-order valence-corrected chi connectivity index (χ2v) is 6.94. The number of nitrogens with two attached hydrogens (primary N) is 1. The standard InChI is InChI=1S/C15H27N3S/c1-4-18(10-15-11(2)17-12(3)19-15)14-8-6-5-7-13(14)9-16/h13-14H,4-10,16H2,1-3H3. The van der Waals surface area contributed by atoms with Crippen molar-refractivity contribution >= 4 is 11.3 Å². The van der Waals surface area contributed by atoms with Crippen molar-refractivity contribution in [1.29, 1.82) is 0 Å². The van der Waals surface area contributed by atoms with E-state index in [2.05, 4.69) is 30.7 Å². The molecule has 1 aromatic heterocycles. The lowest BCUT2D eigenvalue weighted by Crippen LogP contribution is -2.44. The minimum absolute atomic E-state index is 0.672. The minimum Gasteiger partial charge on any atom is -0.330 e. The molecule has 1 heterocycles. The lowest BCUT2D eigenvalue weighted by molar-refractivity contribution is 0.106. The van der Waals surface area contributed by atoms with Gasteiger partial charge in [-0.25, -0.2) is 4.98 Å². The Morgan fingerprint density at radius 1 is 1.32 bits per heavy atom. The van der Waals surface area contributed by atoms with Crippen molar-refractivity contribution in [2.75, 3.05) is 13.1 Å². The molecule has 1 saturated carbocycles. The fourth-order valence-electron chi connectivity index (χ4n) is 3.31. The molecule has 2 N–H and O–H groups in total. The Bertz CT molecular complexity index is 402. The molecule has 0 bridgehead atoms. The van der Waals surface area contributed by atoms with Gasteiger partial charge in [0.25, 0.3) is 0 Å². The van der Waals surface area contributed by atoms with E-state index in [1.54, 1.807) is 0 Å². The maximum Gasteiger partial charge on any atom is 0.0900 e. The molecule has 1 aliphatic rings. The van der Waals surface area contributed by atoms with E-state index in [0.29, 0.717) is 12.0 Å². The van der Waals surface area contributed by atoms with E-state index in [4.69, 9.17) is 5.73 Å². The summed E-state index contributed by atoms with van der Waals surface area (Å²) in [6.07, 6.45) is 5.33. The van der Waals surface area contributed by atoms with Crippen LogP contribution in [-0.4, -0.2) is 29.0 Å². The summed E-state index contributed by atoms with van der Waals surface area (Å²) < 4.78 is 0. The fourth-order valence-corrected chi connectivity index (χ4v) is 4.27. The topological polar surface area (TPSA) is 42.2 Å². The molecule has 19 heavy (non-hydrogen) atoms. The molecule has 0 aliphatic heterocycles. The number of rotatable bonds is 5. The van der Waals surface area contributed by atoms with Gasteiger partial charge in [0.1, 0.15) is 0 Å². The van der Waals surface area contributed by atoms with Crippen molar-refractivity contribution in [2.24, 2.45) is 11.7 Å². The van der Waals surface area contributed by atoms with Crippen molar-refractivity contribution in [3.05, 3.63) is 15.6 Å². The van der Waals surface area contributed by atoms with Crippen LogP contribution in [0.5, 0.6) is 0 Å². The molecule has 0 saturated heterocycles. The van der Waals surface area contributed by atoms with Gasteiger partial charge >= 0.3 is 0 Å². The van der Waals surface area contributed by atoms with E-state index in [-0.39, 0.29) is 0 Å². The highest BCUT2D eigenvalue weighted by atomic mass is 32.1. The molecule has 0 aromatic carbocycles. The van der Waals surface area contributed by atoms with Crippen LogP contribution in [0.2, 0.25) is 0 Å². The summed E-state index contributed by atoms with van der Waals surface area (Å²) in [5.41, 5.74) is 7.19. The van der Waals surface area contributed by atoms with Gasteiger partial charge < -0.3 is 5.73 Å². The van der Waals surface area contributed by atoms with Crippen molar-refractivity contribution in [3.8, 4) is 0 Å². The highest BCUT2D eigenvalue weighted by Crippen LogP contribution is 2.30. The van der Waals surface area contributed by atoms with Crippen LogP contribution in [-0.2, 0) is 6.54 Å². The summed E-state index contributed by atoms with van der Waals surface area (Å²) in [6.45, 7) is 9.49. The lowest BCUT2D eigenvalue weighted by atomic mass is 9.83. The van der Waals surface area contributed by atoms with Gasteiger partial charge in [0.15, 0.2) is 0 Å². The highest BCUT2D eigenvalue weighted by molar-refractivity contribution is 7.11. The first-order chi connectivity index (χ1) is 9.15. The molecule has 2 unspecified atom stereocenters. The number of nitrogens with zero attached hydrogens (tertiary/aromatic N) is 2. The molecular weight excluding hydrogens is 254 g/mol. The number of aryl methyl sites for hydroxylation is 2. The molecule has 4 heteroatoms. The van der Waals surface area contributed by atoms with Crippen LogP contribution in [0.3, 0.4) is 0 Å². The molecule has 1 aromatic rings. The smallest absolute Gasteiger partial charge is 0.0900 e. The van der Waals surface area contributed by atoms with Crippen molar-refractivity contribution in [3.63, 3.8) is 0 Å². The monoisotopic (exact) mass is 281 g/mol. The molecule has 2 rings (SSSR count). The van der Waals surface area contributed by atoms with Gasteiger partial charge in [-0.15, -0.1) is 11.3 Å². The summed E-state index contributed by atoms with van der Waals surface area (Å²) in [7, 11) is 0. The SMILES string of the molecule is CCN(Cc1sc(C)nc1C)C1CCCCC1CN. The third kappa shape index (κ3) is 3.56. The van der Waals surface area contributed by atoms with Crippen molar-refractivity contribution in [2.45, 2.75) is 59.0 Å². The van der Waals surface area contributed by atoms with Gasteiger partial charge in [-0.05, 0) is 45.7 Å². The van der Waals surface area contributed by atoms with E-state index in [0.717, 1.165) is 19.6 Å². The second-order valence-electron chi connectivity index (χ2n) is 5.65. The van der Waals surface area contributed by atoms with Gasteiger partial charge in [-0.2, -0.15) is 0 Å². The molecule has 1 fully saturated rings. The number of aromatic nitrogens is 1. The molecule has 0 radical (unpaired) electrons. The second kappa shape index (κ2) is 6.82. The Balaban J connectivity index is 2.08. The third-order valence-corrected chi connectivity index (χ3v) is 5.45. The highest BCUT2D eigenvalue weighted by Gasteiger charge is 2.29. The van der Waals surface area contributed by atoms with Crippen LogP contribution in [0.15, 0.2) is 0 Å². The Morgan fingerprint density at radius 3 is 2.63 bits per heavy atom. The minimum atomic E-state index is 0.672. The number of thiazole rings is 1. The summed E-state index contributed by atoms with van der Waals surface area (Å²) >= 11 is 1.85. The number of hydrogen-bond donors (Lipinski definition) is 1. The van der Waals surface area contributed by atoms with Crippen LogP contribution in [0.25, 0.3) is 0 Å². The van der Waals surface area contributed by atoms with E-state index in [9.17, 15) is 0 Å². The average Bonchev–Trinajstić information content (AvgIpc) is 2.74. The Morgan fingerprint density at radius 2 is 2.05 bits per heavy atom. The summed E-state index contributed by atoms with van der Waals surface area (Å²) in [4.78, 5) is 8.60. The first kappa shape index (κ1) is 14.9. The van der Waals surface area contributed by atoms with Gasteiger partial charge in [0, 0.05) is 17.5 Å². The molecule has 0 amide bonds. The zero-order chi connectivity index (χ0) is 13.8. The van der Waals surface area contributed by atoms with E-state index >= 15 is 0 Å². The molecule has 2 atom stereocenters. The molecule has 3 nitrogen and oxygen atoms in total. The van der Waals surface area contributed by atoms with Crippen LogP contribution >= 0.6 is 11.3 Å². The normalized spacial score (nSPS) is 24.1. The molecular formula is C15H27N3S. The van der Waals surface area contributed by atoms with E-state index in [1.807, 2.05) is 11.3 Å². The van der Waals surface area contributed by atoms with Gasteiger partial charge in [0.2, 0.25) is 0 Å². The lowest BCUT2D eigenvalue weighted by Gasteiger charge is -2.39. The zero-order valence-corrected chi connectivity index (χ0v) is 13.3. The first-order valence-electron chi connectivity index (χ1n) is 7.52. The maximum absolute atomic E-state index is 5.98. The van der Waals surface area contributed by atoms with Crippen molar-refractivity contribution < 1.29 is 0 Å². The maximum atomic E-state index is 5.98. The van der Waals surface area contributed by atoms with Gasteiger partial charge in [-0.3, -0.25) is 4.90 Å². The number of hydrogen-bond acceptors (Lipinski definition) is 4. The first-order valence-corrected chi connectivity index (χ1v) is 8.34. The van der Waals surface area contributed by atoms with E-state index < -0.39 is 0 Å². The van der Waals surface area contributed by atoms with Crippen LogP contribution in [0.4, 0.5) is 0 Å². The predicted octanol–water partition coefficient (Wildman–Crippen LogP) is 3.10. The average molecular weight is 281 g/mol.